The van der Waals surface area contributed by atoms with Gasteiger partial charge < -0.3 is 5.73 Å². The van der Waals surface area contributed by atoms with Crippen LogP contribution in [0.15, 0.2) is 0 Å². The molecule has 1 aliphatic rings. The van der Waals surface area contributed by atoms with Gasteiger partial charge in [0.05, 0.1) is 0 Å². The lowest BCUT2D eigenvalue weighted by molar-refractivity contribution is 0.233. The molecule has 90 valence electrons. The Morgan fingerprint density at radius 3 is 2.60 bits per heavy atom. The summed E-state index contributed by atoms with van der Waals surface area (Å²) in [6.45, 7) is 2.26. The van der Waals surface area contributed by atoms with Gasteiger partial charge in [0.2, 0.25) is 0 Å². The van der Waals surface area contributed by atoms with Gasteiger partial charge >= 0.3 is 0 Å². The SMILES string of the molecule is CC1CCC(N)C(CCCS(C)(=O)=O)C1. The van der Waals surface area contributed by atoms with E-state index in [1.54, 1.807) is 0 Å². The molecule has 4 heteroatoms. The van der Waals surface area contributed by atoms with E-state index in [4.69, 9.17) is 5.73 Å². The monoisotopic (exact) mass is 233 g/mol. The average molecular weight is 233 g/mol. The molecular weight excluding hydrogens is 210 g/mol. The van der Waals surface area contributed by atoms with Crippen LogP contribution in [0, 0.1) is 11.8 Å². The van der Waals surface area contributed by atoms with E-state index >= 15 is 0 Å². The molecule has 1 aliphatic carbocycles. The van der Waals surface area contributed by atoms with Crippen molar-refractivity contribution in [2.75, 3.05) is 12.0 Å². The molecule has 0 aliphatic heterocycles. The first-order valence-corrected chi connectivity index (χ1v) is 7.88. The Morgan fingerprint density at radius 2 is 2.00 bits per heavy atom. The van der Waals surface area contributed by atoms with E-state index in [-0.39, 0.29) is 0 Å². The van der Waals surface area contributed by atoms with Crippen LogP contribution in [0.3, 0.4) is 0 Å². The maximum atomic E-state index is 11.0. The van der Waals surface area contributed by atoms with Crippen LogP contribution in [-0.2, 0) is 9.84 Å². The highest BCUT2D eigenvalue weighted by molar-refractivity contribution is 7.90. The van der Waals surface area contributed by atoms with Gasteiger partial charge in [-0.25, -0.2) is 8.42 Å². The molecule has 2 N–H and O–H groups in total. The summed E-state index contributed by atoms with van der Waals surface area (Å²) in [5.74, 6) is 1.61. The molecule has 0 bridgehead atoms. The Balaban J connectivity index is 2.30. The van der Waals surface area contributed by atoms with Gasteiger partial charge in [-0.3, -0.25) is 0 Å². The van der Waals surface area contributed by atoms with Crippen molar-refractivity contribution in [3.8, 4) is 0 Å². The summed E-state index contributed by atoms with van der Waals surface area (Å²) in [7, 11) is -2.80. The molecule has 0 amide bonds. The zero-order chi connectivity index (χ0) is 11.5. The van der Waals surface area contributed by atoms with Gasteiger partial charge in [-0.2, -0.15) is 0 Å². The Labute approximate surface area is 93.3 Å². The maximum absolute atomic E-state index is 11.0. The van der Waals surface area contributed by atoms with Crippen molar-refractivity contribution >= 4 is 9.84 Å². The lowest BCUT2D eigenvalue weighted by Crippen LogP contribution is -2.35. The fourth-order valence-corrected chi connectivity index (χ4v) is 3.15. The minimum atomic E-state index is -2.80. The Kier molecular flexibility index (Phi) is 4.59. The summed E-state index contributed by atoms with van der Waals surface area (Å²) in [5, 5.41) is 0. The minimum Gasteiger partial charge on any atom is -0.327 e. The highest BCUT2D eigenvalue weighted by atomic mass is 32.2. The van der Waals surface area contributed by atoms with Gasteiger partial charge in [0.1, 0.15) is 9.84 Å². The predicted octanol–water partition coefficient (Wildman–Crippen LogP) is 1.57. The maximum Gasteiger partial charge on any atom is 0.147 e. The van der Waals surface area contributed by atoms with Crippen LogP contribution in [0.1, 0.15) is 39.0 Å². The molecule has 0 radical (unpaired) electrons. The third-order valence-corrected chi connectivity index (χ3v) is 4.42. The van der Waals surface area contributed by atoms with Gasteiger partial charge in [0, 0.05) is 18.1 Å². The van der Waals surface area contributed by atoms with Gasteiger partial charge in [0.15, 0.2) is 0 Å². The Hall–Kier alpha value is -0.0900. The van der Waals surface area contributed by atoms with E-state index in [2.05, 4.69) is 6.92 Å². The van der Waals surface area contributed by atoms with Crippen molar-refractivity contribution in [3.63, 3.8) is 0 Å². The van der Waals surface area contributed by atoms with Gasteiger partial charge in [-0.05, 0) is 43.9 Å². The van der Waals surface area contributed by atoms with Crippen LogP contribution < -0.4 is 5.73 Å². The summed E-state index contributed by atoms with van der Waals surface area (Å²) in [6.07, 6.45) is 6.54. The first-order chi connectivity index (χ1) is 6.88. The van der Waals surface area contributed by atoms with Crippen LogP contribution in [0.5, 0.6) is 0 Å². The largest absolute Gasteiger partial charge is 0.327 e. The molecule has 0 spiro atoms. The van der Waals surface area contributed by atoms with Gasteiger partial charge in [-0.15, -0.1) is 0 Å². The molecule has 0 heterocycles. The number of sulfone groups is 1. The Bertz CT molecular complexity index is 287. The van der Waals surface area contributed by atoms with E-state index in [9.17, 15) is 8.42 Å². The third-order valence-electron chi connectivity index (χ3n) is 3.39. The van der Waals surface area contributed by atoms with Crippen LogP contribution in [0.25, 0.3) is 0 Å². The smallest absolute Gasteiger partial charge is 0.147 e. The molecule has 1 fully saturated rings. The topological polar surface area (TPSA) is 60.2 Å². The molecule has 0 aromatic heterocycles. The van der Waals surface area contributed by atoms with Crippen LogP contribution in [-0.4, -0.2) is 26.5 Å². The second-order valence-electron chi connectivity index (χ2n) is 5.11. The molecule has 0 aromatic carbocycles. The molecule has 3 atom stereocenters. The molecule has 15 heavy (non-hydrogen) atoms. The van der Waals surface area contributed by atoms with E-state index < -0.39 is 9.84 Å². The van der Waals surface area contributed by atoms with Crippen LogP contribution in [0.2, 0.25) is 0 Å². The summed E-state index contributed by atoms with van der Waals surface area (Å²) in [4.78, 5) is 0. The second-order valence-corrected chi connectivity index (χ2v) is 7.37. The highest BCUT2D eigenvalue weighted by Gasteiger charge is 2.25. The highest BCUT2D eigenvalue weighted by Crippen LogP contribution is 2.30. The summed E-state index contributed by atoms with van der Waals surface area (Å²) < 4.78 is 22.0. The average Bonchev–Trinajstić information content (AvgIpc) is 2.09. The van der Waals surface area contributed by atoms with Gasteiger partial charge in [0.25, 0.3) is 0 Å². The van der Waals surface area contributed by atoms with E-state index in [1.165, 1.54) is 19.1 Å². The molecule has 1 rings (SSSR count). The van der Waals surface area contributed by atoms with Crippen LogP contribution >= 0.6 is 0 Å². The number of hydrogen-bond acceptors (Lipinski definition) is 3. The summed E-state index contributed by atoms with van der Waals surface area (Å²) >= 11 is 0. The molecule has 0 saturated heterocycles. The van der Waals surface area contributed by atoms with Crippen molar-refractivity contribution in [2.24, 2.45) is 17.6 Å². The third kappa shape index (κ3) is 4.98. The predicted molar refractivity (Wildman–Crippen MR) is 63.4 cm³/mol. The fourth-order valence-electron chi connectivity index (χ4n) is 2.46. The first-order valence-electron chi connectivity index (χ1n) is 5.82. The van der Waals surface area contributed by atoms with Crippen molar-refractivity contribution in [2.45, 2.75) is 45.1 Å². The lowest BCUT2D eigenvalue weighted by atomic mass is 9.77. The number of rotatable bonds is 4. The molecule has 3 nitrogen and oxygen atoms in total. The summed E-state index contributed by atoms with van der Waals surface area (Å²) in [5.41, 5.74) is 6.04. The van der Waals surface area contributed by atoms with Gasteiger partial charge in [-0.1, -0.05) is 6.92 Å². The zero-order valence-electron chi connectivity index (χ0n) is 9.78. The minimum absolute atomic E-state index is 0.292. The quantitative estimate of drug-likeness (QED) is 0.802. The normalized spacial score (nSPS) is 32.9. The number of nitrogens with two attached hydrogens (primary N) is 1. The lowest BCUT2D eigenvalue weighted by Gasteiger charge is -2.32. The van der Waals surface area contributed by atoms with Crippen molar-refractivity contribution in [1.29, 1.82) is 0 Å². The second kappa shape index (κ2) is 5.30. The molecule has 0 aromatic rings. The first kappa shape index (κ1) is 13.0. The number of hydrogen-bond donors (Lipinski definition) is 1. The molecule has 3 unspecified atom stereocenters. The van der Waals surface area contributed by atoms with Crippen molar-refractivity contribution in [3.05, 3.63) is 0 Å². The van der Waals surface area contributed by atoms with E-state index in [0.717, 1.165) is 25.2 Å². The standard InChI is InChI=1S/C11H23NO2S/c1-9-5-6-11(12)10(8-9)4-3-7-15(2,13)14/h9-11H,3-8,12H2,1-2H3. The van der Waals surface area contributed by atoms with Crippen molar-refractivity contribution < 1.29 is 8.42 Å². The zero-order valence-corrected chi connectivity index (χ0v) is 10.6. The fraction of sp³-hybridized carbons (Fsp3) is 1.00. The Morgan fingerprint density at radius 1 is 1.33 bits per heavy atom. The van der Waals surface area contributed by atoms with Crippen molar-refractivity contribution in [1.82, 2.24) is 0 Å². The molecule has 1 saturated carbocycles. The van der Waals surface area contributed by atoms with E-state index in [1.807, 2.05) is 0 Å². The summed E-state index contributed by atoms with van der Waals surface area (Å²) in [6, 6.07) is 0.292. The van der Waals surface area contributed by atoms with Crippen LogP contribution in [0.4, 0.5) is 0 Å². The molecular formula is C11H23NO2S. The van der Waals surface area contributed by atoms with E-state index in [0.29, 0.717) is 17.7 Å².